The van der Waals surface area contributed by atoms with Crippen molar-refractivity contribution in [3.8, 4) is 11.5 Å². The van der Waals surface area contributed by atoms with Crippen LogP contribution in [0.15, 0.2) is 71.6 Å². The van der Waals surface area contributed by atoms with Crippen LogP contribution in [0.25, 0.3) is 0 Å². The van der Waals surface area contributed by atoms with Crippen molar-refractivity contribution in [3.63, 3.8) is 0 Å². The topological polar surface area (TPSA) is 105 Å². The standard InChI is InChI=1S/C32H41N3O6S/c1-22-9-16-27(17-10-22)42(38,39)35(28-19-23(2)11-18-29(28)41-8)21-30(36)34(24(3)31(37)33-32(4,5)6)20-25-12-14-26(40-7)15-13-25/h9-19,24H,20-21H2,1-8H3,(H,33,37)/t24-/m0/s1. The summed E-state index contributed by atoms with van der Waals surface area (Å²) in [4.78, 5) is 28.9. The molecule has 2 amide bonds. The van der Waals surface area contributed by atoms with E-state index in [2.05, 4.69) is 5.32 Å². The van der Waals surface area contributed by atoms with Crippen molar-refractivity contribution in [2.75, 3.05) is 25.1 Å². The lowest BCUT2D eigenvalue weighted by Crippen LogP contribution is -2.54. The van der Waals surface area contributed by atoms with Crippen molar-refractivity contribution >= 4 is 27.5 Å². The molecule has 0 fully saturated rings. The van der Waals surface area contributed by atoms with E-state index in [1.165, 1.54) is 24.1 Å². The molecule has 1 N–H and O–H groups in total. The molecule has 1 atom stereocenters. The summed E-state index contributed by atoms with van der Waals surface area (Å²) in [6.07, 6.45) is 0. The van der Waals surface area contributed by atoms with Gasteiger partial charge in [0.25, 0.3) is 10.0 Å². The first-order chi connectivity index (χ1) is 19.7. The van der Waals surface area contributed by atoms with Crippen LogP contribution in [0.2, 0.25) is 0 Å². The minimum Gasteiger partial charge on any atom is -0.497 e. The van der Waals surface area contributed by atoms with Crippen LogP contribution in [0, 0.1) is 13.8 Å². The third-order valence-electron chi connectivity index (χ3n) is 6.67. The number of amides is 2. The Morgan fingerprint density at radius 1 is 0.881 bits per heavy atom. The number of methoxy groups -OCH3 is 2. The van der Waals surface area contributed by atoms with Gasteiger partial charge >= 0.3 is 0 Å². The number of sulfonamides is 1. The van der Waals surface area contributed by atoms with Crippen LogP contribution < -0.4 is 19.1 Å². The summed E-state index contributed by atoms with van der Waals surface area (Å²) in [6, 6.07) is 17.8. The zero-order valence-corrected chi connectivity index (χ0v) is 26.4. The van der Waals surface area contributed by atoms with Crippen LogP contribution in [-0.2, 0) is 26.2 Å². The molecule has 10 heteroatoms. The molecule has 0 heterocycles. The Morgan fingerprint density at radius 3 is 2.02 bits per heavy atom. The minimum absolute atomic E-state index is 0.0321. The summed E-state index contributed by atoms with van der Waals surface area (Å²) >= 11 is 0. The highest BCUT2D eigenvalue weighted by molar-refractivity contribution is 7.92. The molecule has 0 aliphatic rings. The van der Waals surface area contributed by atoms with Gasteiger partial charge in [0.15, 0.2) is 0 Å². The quantitative estimate of drug-likeness (QED) is 0.340. The number of aryl methyl sites for hydroxylation is 2. The highest BCUT2D eigenvalue weighted by Crippen LogP contribution is 2.34. The van der Waals surface area contributed by atoms with Gasteiger partial charge in [0.05, 0.1) is 24.8 Å². The lowest BCUT2D eigenvalue weighted by Gasteiger charge is -2.34. The number of carbonyl (C=O) groups is 2. The van der Waals surface area contributed by atoms with E-state index in [1.807, 2.05) is 34.6 Å². The van der Waals surface area contributed by atoms with Crippen molar-refractivity contribution in [1.29, 1.82) is 0 Å². The number of hydrogen-bond acceptors (Lipinski definition) is 6. The van der Waals surface area contributed by atoms with Gasteiger partial charge in [-0.15, -0.1) is 0 Å². The number of anilines is 1. The second-order valence-corrected chi connectivity index (χ2v) is 13.1. The number of carbonyl (C=O) groups excluding carboxylic acids is 2. The maximum absolute atomic E-state index is 14.2. The molecule has 0 saturated carbocycles. The molecule has 0 aliphatic carbocycles. The van der Waals surface area contributed by atoms with Crippen LogP contribution in [0.3, 0.4) is 0 Å². The number of rotatable bonds is 11. The van der Waals surface area contributed by atoms with E-state index in [0.29, 0.717) is 11.5 Å². The van der Waals surface area contributed by atoms with Gasteiger partial charge in [-0.1, -0.05) is 35.9 Å². The van der Waals surface area contributed by atoms with E-state index in [1.54, 1.807) is 68.6 Å². The van der Waals surface area contributed by atoms with E-state index < -0.39 is 34.1 Å². The van der Waals surface area contributed by atoms with Gasteiger partial charge in [0.1, 0.15) is 24.1 Å². The highest BCUT2D eigenvalue weighted by Gasteiger charge is 2.34. The Bertz CT molecular complexity index is 1500. The Balaban J connectivity index is 2.10. The first-order valence-corrected chi connectivity index (χ1v) is 15.1. The van der Waals surface area contributed by atoms with Crippen LogP contribution in [0.5, 0.6) is 11.5 Å². The number of nitrogens with one attached hydrogen (secondary N) is 1. The van der Waals surface area contributed by atoms with Gasteiger partial charge in [0.2, 0.25) is 11.8 Å². The molecule has 0 aromatic heterocycles. The summed E-state index contributed by atoms with van der Waals surface area (Å²) in [5.41, 5.74) is 2.13. The molecule has 3 aromatic carbocycles. The molecule has 9 nitrogen and oxygen atoms in total. The highest BCUT2D eigenvalue weighted by atomic mass is 32.2. The molecular formula is C32H41N3O6S. The summed E-state index contributed by atoms with van der Waals surface area (Å²) in [6.45, 7) is 10.4. The second kappa shape index (κ2) is 13.3. The fourth-order valence-corrected chi connectivity index (χ4v) is 5.75. The summed E-state index contributed by atoms with van der Waals surface area (Å²) in [5.74, 6) is 0.0356. The predicted molar refractivity (Wildman–Crippen MR) is 164 cm³/mol. The second-order valence-electron chi connectivity index (χ2n) is 11.3. The average Bonchev–Trinajstić information content (AvgIpc) is 2.93. The van der Waals surface area contributed by atoms with E-state index >= 15 is 0 Å². The van der Waals surface area contributed by atoms with E-state index in [-0.39, 0.29) is 23.0 Å². The molecule has 3 aromatic rings. The molecule has 0 radical (unpaired) electrons. The monoisotopic (exact) mass is 595 g/mol. The summed E-state index contributed by atoms with van der Waals surface area (Å²) < 4.78 is 40.1. The molecule has 0 aliphatic heterocycles. The van der Waals surface area contributed by atoms with Gasteiger partial charge in [-0.25, -0.2) is 8.42 Å². The predicted octanol–water partition coefficient (Wildman–Crippen LogP) is 4.85. The van der Waals surface area contributed by atoms with Gasteiger partial charge < -0.3 is 19.7 Å². The van der Waals surface area contributed by atoms with Gasteiger partial charge in [-0.3, -0.25) is 13.9 Å². The molecule has 0 spiro atoms. The van der Waals surface area contributed by atoms with Crippen molar-refractivity contribution in [1.82, 2.24) is 10.2 Å². The molecule has 226 valence electrons. The molecule has 3 rings (SSSR count). The van der Waals surface area contributed by atoms with Gasteiger partial charge in [-0.2, -0.15) is 0 Å². The summed E-state index contributed by atoms with van der Waals surface area (Å²) in [7, 11) is -1.21. The minimum atomic E-state index is -4.22. The Kier molecular flexibility index (Phi) is 10.3. The van der Waals surface area contributed by atoms with Crippen molar-refractivity contribution in [2.24, 2.45) is 0 Å². The van der Waals surface area contributed by atoms with E-state index in [4.69, 9.17) is 9.47 Å². The third-order valence-corrected chi connectivity index (χ3v) is 8.44. The smallest absolute Gasteiger partial charge is 0.264 e. The van der Waals surface area contributed by atoms with Crippen LogP contribution in [-0.4, -0.2) is 57.5 Å². The van der Waals surface area contributed by atoms with Crippen molar-refractivity contribution < 1.29 is 27.5 Å². The average molecular weight is 596 g/mol. The van der Waals surface area contributed by atoms with Crippen LogP contribution >= 0.6 is 0 Å². The number of nitrogens with zero attached hydrogens (tertiary/aromatic N) is 2. The molecule has 42 heavy (non-hydrogen) atoms. The number of ether oxygens (including phenoxy) is 2. The van der Waals surface area contributed by atoms with E-state index in [9.17, 15) is 18.0 Å². The lowest BCUT2D eigenvalue weighted by molar-refractivity contribution is -0.140. The zero-order valence-electron chi connectivity index (χ0n) is 25.6. The largest absolute Gasteiger partial charge is 0.497 e. The maximum Gasteiger partial charge on any atom is 0.264 e. The number of benzene rings is 3. The van der Waals surface area contributed by atoms with Crippen molar-refractivity contribution in [2.45, 2.75) is 64.6 Å². The SMILES string of the molecule is COc1ccc(CN(C(=O)CN(c2cc(C)ccc2OC)S(=O)(=O)c2ccc(C)cc2)[C@@H](C)C(=O)NC(C)(C)C)cc1. The maximum atomic E-state index is 14.2. The summed E-state index contributed by atoms with van der Waals surface area (Å²) in [5, 5.41) is 2.93. The lowest BCUT2D eigenvalue weighted by atomic mass is 10.1. The zero-order chi connectivity index (χ0) is 31.2. The fraction of sp³-hybridized carbons (Fsp3) is 0.375. The van der Waals surface area contributed by atoms with Crippen LogP contribution in [0.4, 0.5) is 5.69 Å². The molecular weight excluding hydrogens is 554 g/mol. The third kappa shape index (κ3) is 8.03. The molecule has 0 unspecified atom stereocenters. The van der Waals surface area contributed by atoms with Gasteiger partial charge in [0, 0.05) is 12.1 Å². The number of hydrogen-bond donors (Lipinski definition) is 1. The van der Waals surface area contributed by atoms with Crippen LogP contribution in [0.1, 0.15) is 44.4 Å². The normalized spacial score (nSPS) is 12.3. The molecule has 0 saturated heterocycles. The first kappa shape index (κ1) is 32.5. The van der Waals surface area contributed by atoms with E-state index in [0.717, 1.165) is 21.0 Å². The Morgan fingerprint density at radius 2 is 1.48 bits per heavy atom. The Labute approximate surface area is 249 Å². The first-order valence-electron chi connectivity index (χ1n) is 13.6. The van der Waals surface area contributed by atoms with Gasteiger partial charge in [-0.05, 0) is 89.1 Å². The molecule has 0 bridgehead atoms. The van der Waals surface area contributed by atoms with Crippen molar-refractivity contribution in [3.05, 3.63) is 83.4 Å². The Hall–Kier alpha value is -4.05. The fourth-order valence-electron chi connectivity index (χ4n) is 4.33.